The highest BCUT2D eigenvalue weighted by molar-refractivity contribution is 6.09. The maximum Gasteiger partial charge on any atom is 0.136 e. The van der Waals surface area contributed by atoms with Crippen molar-refractivity contribution in [3.05, 3.63) is 193 Å². The summed E-state index contributed by atoms with van der Waals surface area (Å²) < 4.78 is 6.53. The minimum atomic E-state index is -0.372. The van der Waals surface area contributed by atoms with Gasteiger partial charge >= 0.3 is 0 Å². The number of nitrogens with zero attached hydrogens (tertiary/aromatic N) is 1. The minimum Gasteiger partial charge on any atom is -0.456 e. The highest BCUT2D eigenvalue weighted by Crippen LogP contribution is 2.40. The summed E-state index contributed by atoms with van der Waals surface area (Å²) in [6, 6.07) is 62.2. The van der Waals surface area contributed by atoms with E-state index < -0.39 is 0 Å². The number of para-hydroxylation sites is 1. The van der Waals surface area contributed by atoms with Crippen molar-refractivity contribution in [2.45, 2.75) is 12.3 Å². The molecular formula is C47H33N3O. The fourth-order valence-electron chi connectivity index (χ4n) is 7.63. The molecule has 2 atom stereocenters. The van der Waals surface area contributed by atoms with Crippen LogP contribution in [-0.2, 0) is 0 Å². The van der Waals surface area contributed by atoms with E-state index in [0.29, 0.717) is 0 Å². The van der Waals surface area contributed by atoms with Gasteiger partial charge in [-0.25, -0.2) is 4.99 Å². The Morgan fingerprint density at radius 3 is 1.92 bits per heavy atom. The summed E-state index contributed by atoms with van der Waals surface area (Å²) in [5.41, 5.74) is 9.63. The second-order valence-electron chi connectivity index (χ2n) is 13.2. The molecule has 0 aliphatic carbocycles. The van der Waals surface area contributed by atoms with Gasteiger partial charge in [0.05, 0.1) is 0 Å². The van der Waals surface area contributed by atoms with E-state index in [1.807, 2.05) is 12.1 Å². The molecule has 0 saturated heterocycles. The first kappa shape index (κ1) is 29.4. The van der Waals surface area contributed by atoms with E-state index in [4.69, 9.17) is 9.41 Å². The topological polar surface area (TPSA) is 49.6 Å². The number of rotatable bonds is 5. The number of hydrogen-bond acceptors (Lipinski definition) is 4. The molecule has 2 heterocycles. The molecule has 10 rings (SSSR count). The van der Waals surface area contributed by atoms with Gasteiger partial charge in [0.25, 0.3) is 0 Å². The van der Waals surface area contributed by atoms with Crippen LogP contribution in [-0.4, -0.2) is 5.84 Å². The van der Waals surface area contributed by atoms with Crippen LogP contribution in [0.4, 0.5) is 0 Å². The molecule has 0 radical (unpaired) electrons. The van der Waals surface area contributed by atoms with Gasteiger partial charge in [-0.05, 0) is 79.7 Å². The Kier molecular flexibility index (Phi) is 7.00. The molecule has 8 aromatic carbocycles. The van der Waals surface area contributed by atoms with E-state index in [2.05, 4.69) is 174 Å². The van der Waals surface area contributed by atoms with E-state index in [9.17, 15) is 0 Å². The van der Waals surface area contributed by atoms with Gasteiger partial charge in [0.2, 0.25) is 0 Å². The number of benzene rings is 8. The Morgan fingerprint density at radius 2 is 1.10 bits per heavy atom. The van der Waals surface area contributed by atoms with Gasteiger partial charge < -0.3 is 9.73 Å². The Morgan fingerprint density at radius 1 is 0.431 bits per heavy atom. The van der Waals surface area contributed by atoms with E-state index in [1.165, 1.54) is 38.2 Å². The third kappa shape index (κ3) is 5.25. The molecule has 2 N–H and O–H groups in total. The van der Waals surface area contributed by atoms with Crippen LogP contribution in [0, 0.1) is 0 Å². The van der Waals surface area contributed by atoms with Crippen molar-refractivity contribution in [1.82, 2.24) is 10.6 Å². The van der Waals surface area contributed by atoms with Gasteiger partial charge in [-0.2, -0.15) is 0 Å². The lowest BCUT2D eigenvalue weighted by Crippen LogP contribution is -2.45. The highest BCUT2D eigenvalue weighted by atomic mass is 16.3. The molecule has 1 aromatic heterocycles. The van der Waals surface area contributed by atoms with E-state index in [1.54, 1.807) is 0 Å². The van der Waals surface area contributed by atoms with Crippen molar-refractivity contribution in [3.63, 3.8) is 0 Å². The average Bonchev–Trinajstić information content (AvgIpc) is 3.59. The maximum atomic E-state index is 6.53. The largest absolute Gasteiger partial charge is 0.456 e. The Balaban J connectivity index is 1.18. The third-order valence-corrected chi connectivity index (χ3v) is 10.1. The van der Waals surface area contributed by atoms with Crippen molar-refractivity contribution in [1.29, 1.82) is 0 Å². The number of furan rings is 1. The maximum absolute atomic E-state index is 6.53. The molecule has 4 nitrogen and oxygen atoms in total. The normalized spacial score (nSPS) is 16.0. The van der Waals surface area contributed by atoms with Crippen LogP contribution in [0.15, 0.2) is 185 Å². The summed E-state index contributed by atoms with van der Waals surface area (Å²) in [5.74, 6) is 0.842. The van der Waals surface area contributed by atoms with Gasteiger partial charge in [0.15, 0.2) is 0 Å². The molecular weight excluding hydrogens is 623 g/mol. The van der Waals surface area contributed by atoms with Crippen LogP contribution >= 0.6 is 0 Å². The SMILES string of the molecule is c1ccc(-c2ccc3ccc(C4=NC(c5cc(-c6ccccc6)cc6oc7ccccc7c56)NC(c5cccc6ccccc56)N4)cc3c2)cc1. The zero-order chi connectivity index (χ0) is 33.7. The first-order valence-corrected chi connectivity index (χ1v) is 17.4. The number of amidine groups is 1. The fourth-order valence-corrected chi connectivity index (χ4v) is 7.63. The summed E-state index contributed by atoms with van der Waals surface area (Å²) in [6.45, 7) is 0. The van der Waals surface area contributed by atoms with Gasteiger partial charge in [-0.1, -0.05) is 146 Å². The van der Waals surface area contributed by atoms with Gasteiger partial charge in [-0.15, -0.1) is 0 Å². The zero-order valence-electron chi connectivity index (χ0n) is 27.8. The third-order valence-electron chi connectivity index (χ3n) is 10.1. The molecule has 0 amide bonds. The quantitative estimate of drug-likeness (QED) is 0.194. The van der Waals surface area contributed by atoms with Crippen LogP contribution in [0.25, 0.3) is 65.7 Å². The summed E-state index contributed by atoms with van der Waals surface area (Å²) in [7, 11) is 0. The smallest absolute Gasteiger partial charge is 0.136 e. The summed E-state index contributed by atoms with van der Waals surface area (Å²) >= 11 is 0. The molecule has 51 heavy (non-hydrogen) atoms. The lowest BCUT2D eigenvalue weighted by molar-refractivity contribution is 0.412. The first-order chi connectivity index (χ1) is 25.2. The predicted octanol–water partition coefficient (Wildman–Crippen LogP) is 11.6. The number of aliphatic imine (C=N–C) groups is 1. The first-order valence-electron chi connectivity index (χ1n) is 17.4. The molecule has 2 unspecified atom stereocenters. The summed E-state index contributed by atoms with van der Waals surface area (Å²) in [6.07, 6.45) is -0.586. The molecule has 242 valence electrons. The van der Waals surface area contributed by atoms with Gasteiger partial charge in [0.1, 0.15) is 29.3 Å². The number of nitrogens with one attached hydrogen (secondary N) is 2. The van der Waals surface area contributed by atoms with Gasteiger partial charge in [0, 0.05) is 21.9 Å². The predicted molar refractivity (Wildman–Crippen MR) is 211 cm³/mol. The van der Waals surface area contributed by atoms with Crippen LogP contribution in [0.1, 0.15) is 29.0 Å². The molecule has 0 fully saturated rings. The number of hydrogen-bond donors (Lipinski definition) is 2. The van der Waals surface area contributed by atoms with Gasteiger partial charge in [-0.3, -0.25) is 5.32 Å². The lowest BCUT2D eigenvalue weighted by Gasteiger charge is -2.33. The van der Waals surface area contributed by atoms with Crippen molar-refractivity contribution in [3.8, 4) is 22.3 Å². The van der Waals surface area contributed by atoms with Crippen molar-refractivity contribution >= 4 is 49.3 Å². The van der Waals surface area contributed by atoms with E-state index >= 15 is 0 Å². The monoisotopic (exact) mass is 655 g/mol. The molecule has 1 aliphatic rings. The molecule has 9 aromatic rings. The van der Waals surface area contributed by atoms with Crippen LogP contribution in [0.2, 0.25) is 0 Å². The second-order valence-corrected chi connectivity index (χ2v) is 13.2. The minimum absolute atomic E-state index is 0.214. The molecule has 0 saturated carbocycles. The van der Waals surface area contributed by atoms with Crippen molar-refractivity contribution in [2.75, 3.05) is 0 Å². The fraction of sp³-hybridized carbons (Fsp3) is 0.0426. The Hall–Kier alpha value is -6.49. The van der Waals surface area contributed by atoms with Crippen LogP contribution in [0.3, 0.4) is 0 Å². The number of fused-ring (bicyclic) bond motifs is 5. The Bertz CT molecular complexity index is 2760. The van der Waals surface area contributed by atoms with Crippen LogP contribution in [0.5, 0.6) is 0 Å². The Labute approximate surface area is 295 Å². The summed E-state index contributed by atoms with van der Waals surface area (Å²) in [4.78, 5) is 5.49. The molecule has 4 heteroatoms. The van der Waals surface area contributed by atoms with Crippen LogP contribution < -0.4 is 10.6 Å². The molecule has 0 spiro atoms. The average molecular weight is 656 g/mol. The van der Waals surface area contributed by atoms with E-state index in [0.717, 1.165) is 50.0 Å². The second kappa shape index (κ2) is 12.1. The van der Waals surface area contributed by atoms with E-state index in [-0.39, 0.29) is 12.3 Å². The lowest BCUT2D eigenvalue weighted by atomic mass is 9.95. The van der Waals surface area contributed by atoms with Crippen molar-refractivity contribution in [2.24, 2.45) is 4.99 Å². The van der Waals surface area contributed by atoms with Crippen molar-refractivity contribution < 1.29 is 4.42 Å². The molecule has 1 aliphatic heterocycles. The zero-order valence-corrected chi connectivity index (χ0v) is 27.8. The highest BCUT2D eigenvalue weighted by Gasteiger charge is 2.29. The standard InChI is InChI=1S/C47H33N3O/c1-3-12-30(13-4-1)34-24-22-32-23-25-35(27-36(32)26-34)45-48-46(39-20-11-17-33-16-7-8-18-38(33)39)50-47(49-45)41-28-37(31-14-5-2-6-15-31)29-43-44(41)40-19-9-10-21-42(40)51-43/h1-29,46-47,50H,(H,48,49). The molecule has 0 bridgehead atoms. The summed E-state index contributed by atoms with van der Waals surface area (Å²) in [5, 5.41) is 14.7.